The molecular formula is C24H15BrO. The Labute approximate surface area is 159 Å². The molecule has 0 unspecified atom stereocenters. The topological polar surface area (TPSA) is 13.1 Å². The molecule has 0 spiro atoms. The standard InChI is InChI=1S/C24H15BrO/c1-2-15-6-10-19-20-11-9-18(14-24(20)26-23(19)12-15)17-8-7-16-4-3-5-22(25)21(16)13-17/h2-14H,1H2. The lowest BCUT2D eigenvalue weighted by molar-refractivity contribution is 0.669. The lowest BCUT2D eigenvalue weighted by Crippen LogP contribution is -1.80. The van der Waals surface area contributed by atoms with Crippen molar-refractivity contribution in [3.05, 3.63) is 89.4 Å². The molecule has 0 N–H and O–H groups in total. The van der Waals surface area contributed by atoms with Crippen molar-refractivity contribution in [1.82, 2.24) is 0 Å². The average molecular weight is 399 g/mol. The molecule has 0 aliphatic rings. The van der Waals surface area contributed by atoms with Gasteiger partial charge in [-0.3, -0.25) is 0 Å². The lowest BCUT2D eigenvalue weighted by atomic mass is 10.00. The van der Waals surface area contributed by atoms with Crippen molar-refractivity contribution in [2.75, 3.05) is 0 Å². The first kappa shape index (κ1) is 15.4. The van der Waals surface area contributed by atoms with Crippen LogP contribution in [0.3, 0.4) is 0 Å². The number of rotatable bonds is 2. The van der Waals surface area contributed by atoms with E-state index in [1.54, 1.807) is 0 Å². The highest BCUT2D eigenvalue weighted by molar-refractivity contribution is 9.10. The summed E-state index contributed by atoms with van der Waals surface area (Å²) >= 11 is 3.65. The fraction of sp³-hybridized carbons (Fsp3) is 0. The first-order valence-electron chi connectivity index (χ1n) is 8.50. The molecule has 2 heteroatoms. The van der Waals surface area contributed by atoms with E-state index in [2.05, 4.69) is 89.2 Å². The summed E-state index contributed by atoms with van der Waals surface area (Å²) in [5.41, 5.74) is 5.20. The Morgan fingerprint density at radius 2 is 1.46 bits per heavy atom. The average Bonchev–Trinajstić information content (AvgIpc) is 3.04. The van der Waals surface area contributed by atoms with Crippen molar-refractivity contribution in [3.8, 4) is 11.1 Å². The molecule has 0 fully saturated rings. The molecule has 124 valence electrons. The minimum atomic E-state index is 0.899. The van der Waals surface area contributed by atoms with Gasteiger partial charge in [-0.25, -0.2) is 0 Å². The second-order valence-corrected chi connectivity index (χ2v) is 7.30. The van der Waals surface area contributed by atoms with Crippen LogP contribution in [0.1, 0.15) is 5.56 Å². The summed E-state index contributed by atoms with van der Waals surface area (Å²) in [6.07, 6.45) is 1.84. The minimum Gasteiger partial charge on any atom is -0.456 e. The van der Waals surface area contributed by atoms with E-state index in [4.69, 9.17) is 4.42 Å². The zero-order valence-corrected chi connectivity index (χ0v) is 15.6. The summed E-state index contributed by atoms with van der Waals surface area (Å²) in [5, 5.41) is 4.72. The van der Waals surface area contributed by atoms with Crippen LogP contribution in [0.2, 0.25) is 0 Å². The molecule has 0 atom stereocenters. The summed E-state index contributed by atoms with van der Waals surface area (Å²) in [6, 6.07) is 25.5. The first-order chi connectivity index (χ1) is 12.7. The molecule has 0 aliphatic heterocycles. The van der Waals surface area contributed by atoms with Gasteiger partial charge in [0.2, 0.25) is 0 Å². The van der Waals surface area contributed by atoms with Gasteiger partial charge in [0.05, 0.1) is 0 Å². The van der Waals surface area contributed by atoms with Gasteiger partial charge in [-0.2, -0.15) is 0 Å². The van der Waals surface area contributed by atoms with Gasteiger partial charge in [-0.1, -0.05) is 65.0 Å². The van der Waals surface area contributed by atoms with Gasteiger partial charge in [0.1, 0.15) is 11.2 Å². The molecule has 1 heterocycles. The van der Waals surface area contributed by atoms with E-state index in [0.29, 0.717) is 0 Å². The highest BCUT2D eigenvalue weighted by Gasteiger charge is 2.09. The molecule has 0 saturated heterocycles. The number of halogens is 1. The fourth-order valence-corrected chi connectivity index (χ4v) is 4.01. The van der Waals surface area contributed by atoms with Crippen LogP contribution < -0.4 is 0 Å². The molecule has 0 saturated carbocycles. The van der Waals surface area contributed by atoms with Crippen LogP contribution in [0.5, 0.6) is 0 Å². The number of hydrogen-bond acceptors (Lipinski definition) is 1. The van der Waals surface area contributed by atoms with Crippen LogP contribution in [0, 0.1) is 0 Å². The van der Waals surface area contributed by atoms with Gasteiger partial charge in [0, 0.05) is 15.2 Å². The van der Waals surface area contributed by atoms with Crippen LogP contribution in [-0.2, 0) is 0 Å². The zero-order chi connectivity index (χ0) is 17.7. The Morgan fingerprint density at radius 3 is 2.31 bits per heavy atom. The number of benzene rings is 4. The quantitative estimate of drug-likeness (QED) is 0.295. The predicted octanol–water partition coefficient (Wildman–Crippen LogP) is 7.81. The Balaban J connectivity index is 1.71. The maximum Gasteiger partial charge on any atom is 0.136 e. The van der Waals surface area contributed by atoms with Gasteiger partial charge in [0.15, 0.2) is 0 Å². The number of fused-ring (bicyclic) bond motifs is 4. The second kappa shape index (κ2) is 5.86. The molecule has 0 amide bonds. The maximum absolute atomic E-state index is 6.11. The van der Waals surface area contributed by atoms with Crippen molar-refractivity contribution in [1.29, 1.82) is 0 Å². The largest absolute Gasteiger partial charge is 0.456 e. The molecule has 5 rings (SSSR count). The Bertz CT molecular complexity index is 1310. The fourth-order valence-electron chi connectivity index (χ4n) is 3.51. The van der Waals surface area contributed by atoms with E-state index in [1.807, 2.05) is 12.1 Å². The van der Waals surface area contributed by atoms with Crippen molar-refractivity contribution in [2.24, 2.45) is 0 Å². The molecule has 26 heavy (non-hydrogen) atoms. The SMILES string of the molecule is C=Cc1ccc2c(c1)oc1cc(-c3ccc4cccc(Br)c4c3)ccc12. The normalized spacial score (nSPS) is 11.4. The molecule has 5 aromatic rings. The maximum atomic E-state index is 6.11. The summed E-state index contributed by atoms with van der Waals surface area (Å²) in [5.74, 6) is 0. The van der Waals surface area contributed by atoms with Crippen molar-refractivity contribution in [2.45, 2.75) is 0 Å². The molecule has 1 aromatic heterocycles. The van der Waals surface area contributed by atoms with Crippen LogP contribution in [0.15, 0.2) is 88.3 Å². The predicted molar refractivity (Wildman–Crippen MR) is 114 cm³/mol. The monoisotopic (exact) mass is 398 g/mol. The highest BCUT2D eigenvalue weighted by Crippen LogP contribution is 2.34. The molecule has 0 aliphatic carbocycles. The van der Waals surface area contributed by atoms with Gasteiger partial charge < -0.3 is 4.42 Å². The van der Waals surface area contributed by atoms with E-state index in [-0.39, 0.29) is 0 Å². The lowest BCUT2D eigenvalue weighted by Gasteiger charge is -2.06. The van der Waals surface area contributed by atoms with Crippen LogP contribution >= 0.6 is 15.9 Å². The van der Waals surface area contributed by atoms with E-state index in [9.17, 15) is 0 Å². The van der Waals surface area contributed by atoms with E-state index < -0.39 is 0 Å². The Kier molecular flexibility index (Phi) is 3.47. The van der Waals surface area contributed by atoms with Gasteiger partial charge in [-0.15, -0.1) is 0 Å². The second-order valence-electron chi connectivity index (χ2n) is 6.45. The Morgan fingerprint density at radius 1 is 0.731 bits per heavy atom. The number of hydrogen-bond donors (Lipinski definition) is 0. The smallest absolute Gasteiger partial charge is 0.136 e. The van der Waals surface area contributed by atoms with E-state index in [0.717, 1.165) is 37.5 Å². The summed E-state index contributed by atoms with van der Waals surface area (Å²) in [4.78, 5) is 0. The summed E-state index contributed by atoms with van der Waals surface area (Å²) in [6.45, 7) is 3.83. The van der Waals surface area contributed by atoms with Crippen LogP contribution in [0.4, 0.5) is 0 Å². The molecular weight excluding hydrogens is 384 g/mol. The van der Waals surface area contributed by atoms with Crippen molar-refractivity contribution < 1.29 is 4.42 Å². The van der Waals surface area contributed by atoms with Gasteiger partial charge in [-0.05, 0) is 63.9 Å². The third-order valence-electron chi connectivity index (χ3n) is 4.90. The van der Waals surface area contributed by atoms with Crippen molar-refractivity contribution in [3.63, 3.8) is 0 Å². The Hall–Kier alpha value is -2.84. The molecule has 4 aromatic carbocycles. The minimum absolute atomic E-state index is 0.899. The zero-order valence-electron chi connectivity index (χ0n) is 14.0. The van der Waals surface area contributed by atoms with E-state index in [1.165, 1.54) is 16.3 Å². The first-order valence-corrected chi connectivity index (χ1v) is 9.30. The number of furan rings is 1. The van der Waals surface area contributed by atoms with Crippen LogP contribution in [0.25, 0.3) is 49.9 Å². The van der Waals surface area contributed by atoms with Crippen LogP contribution in [-0.4, -0.2) is 0 Å². The van der Waals surface area contributed by atoms with Gasteiger partial charge in [0.25, 0.3) is 0 Å². The third-order valence-corrected chi connectivity index (χ3v) is 5.59. The molecule has 1 nitrogen and oxygen atoms in total. The van der Waals surface area contributed by atoms with Gasteiger partial charge >= 0.3 is 0 Å². The van der Waals surface area contributed by atoms with Crippen molar-refractivity contribution >= 4 is 54.7 Å². The molecule has 0 radical (unpaired) electrons. The third kappa shape index (κ3) is 2.38. The summed E-state index contributed by atoms with van der Waals surface area (Å²) in [7, 11) is 0. The van der Waals surface area contributed by atoms with E-state index >= 15 is 0 Å². The molecule has 0 bridgehead atoms. The highest BCUT2D eigenvalue weighted by atomic mass is 79.9. The summed E-state index contributed by atoms with van der Waals surface area (Å²) < 4.78 is 7.22.